The summed E-state index contributed by atoms with van der Waals surface area (Å²) in [6.07, 6.45) is 3.54. The summed E-state index contributed by atoms with van der Waals surface area (Å²) < 4.78 is 4.94. The molecular formula is C17H20ClN3O6. The van der Waals surface area contributed by atoms with Gasteiger partial charge in [0.15, 0.2) is 6.10 Å². The molecule has 1 aliphatic carbocycles. The van der Waals surface area contributed by atoms with E-state index in [9.17, 15) is 24.5 Å². The van der Waals surface area contributed by atoms with Crippen LogP contribution >= 0.6 is 11.6 Å². The van der Waals surface area contributed by atoms with Gasteiger partial charge in [-0.2, -0.15) is 0 Å². The van der Waals surface area contributed by atoms with Crippen LogP contribution in [0.15, 0.2) is 18.2 Å². The van der Waals surface area contributed by atoms with Crippen LogP contribution in [-0.2, 0) is 9.53 Å². The van der Waals surface area contributed by atoms with E-state index in [0.29, 0.717) is 0 Å². The Bertz CT molecular complexity index is 748. The Morgan fingerprint density at radius 1 is 1.26 bits per heavy atom. The van der Waals surface area contributed by atoms with Gasteiger partial charge < -0.3 is 10.1 Å². The van der Waals surface area contributed by atoms with E-state index in [1.54, 1.807) is 0 Å². The molecule has 1 aliphatic rings. The second kappa shape index (κ2) is 9.31. The van der Waals surface area contributed by atoms with Gasteiger partial charge >= 0.3 is 12.0 Å². The number of rotatable bonds is 5. The molecule has 2 N–H and O–H groups in total. The van der Waals surface area contributed by atoms with Gasteiger partial charge in [-0.1, -0.05) is 30.9 Å². The summed E-state index contributed by atoms with van der Waals surface area (Å²) in [5.41, 5.74) is -0.870. The number of nitro groups is 1. The zero-order valence-corrected chi connectivity index (χ0v) is 15.5. The van der Waals surface area contributed by atoms with Crippen molar-refractivity contribution in [2.75, 3.05) is 0 Å². The Morgan fingerprint density at radius 2 is 1.93 bits per heavy atom. The Balaban J connectivity index is 1.93. The molecule has 0 spiro atoms. The number of nitro benzene ring substituents is 1. The number of nitrogens with zero attached hydrogens (tertiary/aromatic N) is 1. The molecule has 3 amide bonds. The van der Waals surface area contributed by atoms with Crippen molar-refractivity contribution in [1.82, 2.24) is 10.6 Å². The summed E-state index contributed by atoms with van der Waals surface area (Å²) in [4.78, 5) is 46.4. The van der Waals surface area contributed by atoms with E-state index < -0.39 is 34.6 Å². The standard InChI is InChI=1S/C17H20ClN3O6/c1-10(15(22)20-17(24)19-12-5-3-2-4-6-12)27-16(23)13-9-11(18)7-8-14(13)21(25)26/h7-10,12H,2-6H2,1H3,(H2,19,20,22,24)/t10-/m1/s1. The molecular weight excluding hydrogens is 378 g/mol. The van der Waals surface area contributed by atoms with Gasteiger partial charge in [-0.15, -0.1) is 0 Å². The molecule has 0 bridgehead atoms. The number of halogens is 1. The highest BCUT2D eigenvalue weighted by Crippen LogP contribution is 2.24. The fraction of sp³-hybridized carbons (Fsp3) is 0.471. The molecule has 0 saturated heterocycles. The molecule has 1 atom stereocenters. The largest absolute Gasteiger partial charge is 0.449 e. The topological polar surface area (TPSA) is 128 Å². The number of ether oxygens (including phenoxy) is 1. The quantitative estimate of drug-likeness (QED) is 0.446. The van der Waals surface area contributed by atoms with Crippen LogP contribution in [0.5, 0.6) is 0 Å². The van der Waals surface area contributed by atoms with Crippen molar-refractivity contribution in [3.05, 3.63) is 38.9 Å². The second-order valence-corrected chi connectivity index (χ2v) is 6.70. The Hall–Kier alpha value is -2.68. The Labute approximate surface area is 160 Å². The van der Waals surface area contributed by atoms with Crippen molar-refractivity contribution < 1.29 is 24.0 Å². The van der Waals surface area contributed by atoms with E-state index in [1.165, 1.54) is 13.0 Å². The Kier molecular flexibility index (Phi) is 7.12. The van der Waals surface area contributed by atoms with E-state index in [4.69, 9.17) is 16.3 Å². The van der Waals surface area contributed by atoms with Crippen molar-refractivity contribution in [1.29, 1.82) is 0 Å². The minimum Gasteiger partial charge on any atom is -0.449 e. The van der Waals surface area contributed by atoms with Gasteiger partial charge in [0.1, 0.15) is 5.56 Å². The number of benzene rings is 1. The van der Waals surface area contributed by atoms with Gasteiger partial charge in [0.05, 0.1) is 4.92 Å². The van der Waals surface area contributed by atoms with Crippen LogP contribution in [-0.4, -0.2) is 35.0 Å². The van der Waals surface area contributed by atoms with Crippen LogP contribution in [0.1, 0.15) is 49.4 Å². The summed E-state index contributed by atoms with van der Waals surface area (Å²) >= 11 is 5.76. The highest BCUT2D eigenvalue weighted by atomic mass is 35.5. The zero-order chi connectivity index (χ0) is 20.0. The molecule has 2 rings (SSSR count). The van der Waals surface area contributed by atoms with Crippen molar-refractivity contribution in [2.45, 2.75) is 51.2 Å². The van der Waals surface area contributed by atoms with Crippen LogP contribution in [0.25, 0.3) is 0 Å². The van der Waals surface area contributed by atoms with Crippen molar-refractivity contribution in [3.8, 4) is 0 Å². The molecule has 146 valence electrons. The molecule has 0 aromatic heterocycles. The normalized spacial score (nSPS) is 15.5. The smallest absolute Gasteiger partial charge is 0.345 e. The third-order valence-corrected chi connectivity index (χ3v) is 4.44. The van der Waals surface area contributed by atoms with E-state index in [0.717, 1.165) is 44.2 Å². The number of esters is 1. The van der Waals surface area contributed by atoms with Gasteiger partial charge in [-0.25, -0.2) is 9.59 Å². The average Bonchev–Trinajstić information content (AvgIpc) is 2.61. The number of hydrogen-bond acceptors (Lipinski definition) is 6. The fourth-order valence-corrected chi connectivity index (χ4v) is 2.96. The predicted molar refractivity (Wildman–Crippen MR) is 96.5 cm³/mol. The summed E-state index contributed by atoms with van der Waals surface area (Å²) in [6.45, 7) is 1.26. The first kappa shape index (κ1) is 20.6. The van der Waals surface area contributed by atoms with Crippen LogP contribution in [0.3, 0.4) is 0 Å². The van der Waals surface area contributed by atoms with Crippen molar-refractivity contribution in [3.63, 3.8) is 0 Å². The van der Waals surface area contributed by atoms with E-state index in [2.05, 4.69) is 10.6 Å². The van der Waals surface area contributed by atoms with Gasteiger partial charge in [-0.3, -0.25) is 20.2 Å². The highest BCUT2D eigenvalue weighted by Gasteiger charge is 2.27. The summed E-state index contributed by atoms with van der Waals surface area (Å²) in [7, 11) is 0. The first-order valence-electron chi connectivity index (χ1n) is 8.54. The maximum Gasteiger partial charge on any atom is 0.345 e. The number of carbonyl (C=O) groups excluding carboxylic acids is 3. The maximum absolute atomic E-state index is 12.2. The minimum absolute atomic E-state index is 0.0125. The maximum atomic E-state index is 12.2. The zero-order valence-electron chi connectivity index (χ0n) is 14.7. The molecule has 9 nitrogen and oxygen atoms in total. The number of carbonyl (C=O) groups is 3. The second-order valence-electron chi connectivity index (χ2n) is 6.26. The average molecular weight is 398 g/mol. The van der Waals surface area contributed by atoms with E-state index in [1.807, 2.05) is 0 Å². The number of hydrogen-bond donors (Lipinski definition) is 2. The molecule has 1 fully saturated rings. The molecule has 0 aliphatic heterocycles. The summed E-state index contributed by atoms with van der Waals surface area (Å²) in [5, 5.41) is 15.9. The van der Waals surface area contributed by atoms with Gasteiger partial charge in [0.2, 0.25) is 0 Å². The van der Waals surface area contributed by atoms with E-state index in [-0.39, 0.29) is 16.6 Å². The number of amides is 3. The molecule has 0 unspecified atom stereocenters. The third kappa shape index (κ3) is 5.92. The van der Waals surface area contributed by atoms with Gasteiger partial charge in [0.25, 0.3) is 11.6 Å². The number of urea groups is 1. The van der Waals surface area contributed by atoms with E-state index >= 15 is 0 Å². The van der Waals surface area contributed by atoms with Crippen molar-refractivity contribution >= 4 is 35.2 Å². The molecule has 0 radical (unpaired) electrons. The lowest BCUT2D eigenvalue weighted by Crippen LogP contribution is -2.48. The minimum atomic E-state index is -1.33. The Morgan fingerprint density at radius 3 is 2.56 bits per heavy atom. The lowest BCUT2D eigenvalue weighted by Gasteiger charge is -2.23. The first-order valence-corrected chi connectivity index (χ1v) is 8.92. The van der Waals surface area contributed by atoms with Crippen molar-refractivity contribution in [2.24, 2.45) is 0 Å². The SMILES string of the molecule is C[C@@H](OC(=O)c1cc(Cl)ccc1[N+](=O)[O-])C(=O)NC(=O)NC1CCCCC1. The highest BCUT2D eigenvalue weighted by molar-refractivity contribution is 6.31. The molecule has 10 heteroatoms. The van der Waals surface area contributed by atoms with Crippen LogP contribution in [0.4, 0.5) is 10.5 Å². The lowest BCUT2D eigenvalue weighted by atomic mass is 9.96. The molecule has 1 aromatic rings. The molecule has 27 heavy (non-hydrogen) atoms. The lowest BCUT2D eigenvalue weighted by molar-refractivity contribution is -0.385. The molecule has 1 aromatic carbocycles. The van der Waals surface area contributed by atoms with Gasteiger partial charge in [0, 0.05) is 17.1 Å². The number of nitrogens with one attached hydrogen (secondary N) is 2. The third-order valence-electron chi connectivity index (χ3n) is 4.21. The summed E-state index contributed by atoms with van der Waals surface area (Å²) in [6, 6.07) is 2.77. The monoisotopic (exact) mass is 397 g/mol. The van der Waals surface area contributed by atoms with Crippen LogP contribution < -0.4 is 10.6 Å². The molecule has 0 heterocycles. The van der Waals surface area contributed by atoms with Gasteiger partial charge in [-0.05, 0) is 31.9 Å². The van der Waals surface area contributed by atoms with Crippen LogP contribution in [0.2, 0.25) is 5.02 Å². The fourth-order valence-electron chi connectivity index (χ4n) is 2.79. The first-order chi connectivity index (χ1) is 12.8. The van der Waals surface area contributed by atoms with Crippen LogP contribution in [0, 0.1) is 10.1 Å². The molecule has 1 saturated carbocycles. The predicted octanol–water partition coefficient (Wildman–Crippen LogP) is 2.95. The number of imide groups is 1. The summed E-state index contributed by atoms with van der Waals surface area (Å²) in [5.74, 6) is -1.92.